The van der Waals surface area contributed by atoms with E-state index >= 15 is 0 Å². The Balaban J connectivity index is 2.41. The van der Waals surface area contributed by atoms with Gasteiger partial charge in [-0.15, -0.1) is 0 Å². The maximum atomic E-state index is 13.4. The molecule has 174 valence electrons. The molecule has 2 rings (SSSR count). The SMILES string of the molecule is CCNC(=O)C(C)N(Cc1ccc(Cl)c(Cl)c1)C(=O)CN(c1ccccc1Br)S(C)(=O)=O. The van der Waals surface area contributed by atoms with Gasteiger partial charge in [0.05, 0.1) is 22.0 Å². The van der Waals surface area contributed by atoms with Gasteiger partial charge in [-0.1, -0.05) is 41.4 Å². The van der Waals surface area contributed by atoms with Crippen LogP contribution < -0.4 is 9.62 Å². The molecule has 32 heavy (non-hydrogen) atoms. The second-order valence-corrected chi connectivity index (χ2v) is 10.6. The number of benzene rings is 2. The highest BCUT2D eigenvalue weighted by Crippen LogP contribution is 2.28. The van der Waals surface area contributed by atoms with Crippen molar-refractivity contribution in [2.45, 2.75) is 26.4 Å². The van der Waals surface area contributed by atoms with Gasteiger partial charge in [-0.25, -0.2) is 8.42 Å². The van der Waals surface area contributed by atoms with Crippen LogP contribution >= 0.6 is 39.1 Å². The van der Waals surface area contributed by atoms with E-state index in [1.165, 1.54) is 4.90 Å². The topological polar surface area (TPSA) is 86.8 Å². The lowest BCUT2D eigenvalue weighted by atomic mass is 10.1. The van der Waals surface area contributed by atoms with E-state index in [4.69, 9.17) is 23.2 Å². The molecule has 7 nitrogen and oxygen atoms in total. The maximum absolute atomic E-state index is 13.4. The van der Waals surface area contributed by atoms with Crippen molar-refractivity contribution < 1.29 is 18.0 Å². The lowest BCUT2D eigenvalue weighted by Gasteiger charge is -2.31. The molecule has 0 bridgehead atoms. The Labute approximate surface area is 206 Å². The molecule has 0 spiro atoms. The van der Waals surface area contributed by atoms with Gasteiger partial charge in [0, 0.05) is 17.6 Å². The molecular formula is C21H24BrCl2N3O4S. The predicted octanol–water partition coefficient (Wildman–Crippen LogP) is 4.08. The molecule has 0 radical (unpaired) electrons. The van der Waals surface area contributed by atoms with Crippen molar-refractivity contribution >= 4 is 66.7 Å². The van der Waals surface area contributed by atoms with Crippen LogP contribution in [0, 0.1) is 0 Å². The number of nitrogens with one attached hydrogen (secondary N) is 1. The number of nitrogens with zero attached hydrogens (tertiary/aromatic N) is 2. The third-order valence-electron chi connectivity index (χ3n) is 4.66. The number of sulfonamides is 1. The molecule has 1 atom stereocenters. The molecule has 0 aliphatic rings. The molecule has 2 aromatic rings. The number of anilines is 1. The summed E-state index contributed by atoms with van der Waals surface area (Å²) in [6.07, 6.45) is 1.02. The minimum atomic E-state index is -3.79. The van der Waals surface area contributed by atoms with E-state index in [9.17, 15) is 18.0 Å². The zero-order chi connectivity index (χ0) is 24.1. The summed E-state index contributed by atoms with van der Waals surface area (Å²) >= 11 is 15.4. The number of para-hydroxylation sites is 1. The molecule has 0 fully saturated rings. The van der Waals surface area contributed by atoms with Crippen LogP contribution in [0.15, 0.2) is 46.9 Å². The molecular weight excluding hydrogens is 541 g/mol. The second-order valence-electron chi connectivity index (χ2n) is 7.06. The summed E-state index contributed by atoms with van der Waals surface area (Å²) in [6.45, 7) is 3.32. The Kier molecular flexibility index (Phi) is 9.39. The number of halogens is 3. The lowest BCUT2D eigenvalue weighted by molar-refractivity contribution is -0.139. The number of amides is 2. The van der Waals surface area contributed by atoms with Crippen LogP contribution in [0.5, 0.6) is 0 Å². The zero-order valence-corrected chi connectivity index (χ0v) is 21.7. The van der Waals surface area contributed by atoms with Gasteiger partial charge in [0.2, 0.25) is 21.8 Å². The van der Waals surface area contributed by atoms with E-state index in [0.717, 1.165) is 10.6 Å². The number of carbonyl (C=O) groups is 2. The van der Waals surface area contributed by atoms with Gasteiger partial charge in [0.1, 0.15) is 12.6 Å². The van der Waals surface area contributed by atoms with Crippen molar-refractivity contribution in [2.24, 2.45) is 0 Å². The first-order chi connectivity index (χ1) is 15.0. The molecule has 1 unspecified atom stereocenters. The molecule has 0 aromatic heterocycles. The van der Waals surface area contributed by atoms with Gasteiger partial charge in [-0.05, 0) is 59.6 Å². The minimum Gasteiger partial charge on any atom is -0.355 e. The van der Waals surface area contributed by atoms with Crippen LogP contribution in [0.3, 0.4) is 0 Å². The van der Waals surface area contributed by atoms with Gasteiger partial charge >= 0.3 is 0 Å². The quantitative estimate of drug-likeness (QED) is 0.497. The van der Waals surface area contributed by atoms with Crippen molar-refractivity contribution in [3.8, 4) is 0 Å². The van der Waals surface area contributed by atoms with E-state index in [-0.39, 0.29) is 12.5 Å². The summed E-state index contributed by atoms with van der Waals surface area (Å²) in [5.74, 6) is -0.899. The summed E-state index contributed by atoms with van der Waals surface area (Å²) in [5.41, 5.74) is 0.971. The van der Waals surface area contributed by atoms with Crippen LogP contribution in [0.2, 0.25) is 10.0 Å². The second kappa shape index (κ2) is 11.4. The minimum absolute atomic E-state index is 0.0432. The first kappa shape index (κ1) is 26.4. The fourth-order valence-corrected chi connectivity index (χ4v) is 4.79. The molecule has 11 heteroatoms. The van der Waals surface area contributed by atoms with Gasteiger partial charge in [-0.2, -0.15) is 0 Å². The molecule has 1 N–H and O–H groups in total. The average molecular weight is 565 g/mol. The number of carbonyl (C=O) groups excluding carboxylic acids is 2. The molecule has 2 aromatic carbocycles. The van der Waals surface area contributed by atoms with Crippen molar-refractivity contribution in [1.82, 2.24) is 10.2 Å². The van der Waals surface area contributed by atoms with E-state index in [0.29, 0.717) is 32.3 Å². The van der Waals surface area contributed by atoms with Gasteiger partial charge in [0.15, 0.2) is 0 Å². The molecule has 0 saturated heterocycles. The predicted molar refractivity (Wildman–Crippen MR) is 131 cm³/mol. The van der Waals surface area contributed by atoms with Crippen LogP contribution in [0.1, 0.15) is 19.4 Å². The molecule has 0 heterocycles. The monoisotopic (exact) mass is 563 g/mol. The van der Waals surface area contributed by atoms with E-state index in [1.807, 2.05) is 0 Å². The summed E-state index contributed by atoms with van der Waals surface area (Å²) in [6, 6.07) is 10.7. The van der Waals surface area contributed by atoms with Crippen molar-refractivity contribution in [1.29, 1.82) is 0 Å². The number of likely N-dealkylation sites (N-methyl/N-ethyl adjacent to an activating group) is 1. The third-order valence-corrected chi connectivity index (χ3v) is 7.19. The number of rotatable bonds is 9. The lowest BCUT2D eigenvalue weighted by Crippen LogP contribution is -2.51. The van der Waals surface area contributed by atoms with Crippen molar-refractivity contribution in [3.05, 3.63) is 62.5 Å². The summed E-state index contributed by atoms with van der Waals surface area (Å²) in [4.78, 5) is 27.2. The molecule has 2 amide bonds. The maximum Gasteiger partial charge on any atom is 0.244 e. The average Bonchev–Trinajstić information content (AvgIpc) is 2.72. The Bertz CT molecular complexity index is 1100. The van der Waals surface area contributed by atoms with Crippen molar-refractivity contribution in [3.63, 3.8) is 0 Å². The van der Waals surface area contributed by atoms with Crippen LogP contribution in [-0.4, -0.2) is 50.5 Å². The van der Waals surface area contributed by atoms with Crippen LogP contribution in [0.4, 0.5) is 5.69 Å². The Morgan fingerprint density at radius 1 is 1.12 bits per heavy atom. The summed E-state index contributed by atoms with van der Waals surface area (Å²) in [7, 11) is -3.79. The Hall–Kier alpha value is -1.81. The van der Waals surface area contributed by atoms with Gasteiger partial charge in [0.25, 0.3) is 0 Å². The standard InChI is InChI=1S/C21H24BrCl2N3O4S/c1-4-25-21(29)14(2)26(12-15-9-10-17(23)18(24)11-15)20(28)13-27(32(3,30)31)19-8-6-5-7-16(19)22/h5-11,14H,4,12-13H2,1-3H3,(H,25,29). The first-order valence-electron chi connectivity index (χ1n) is 9.69. The Morgan fingerprint density at radius 2 is 1.78 bits per heavy atom. The molecule has 0 saturated carbocycles. The third kappa shape index (κ3) is 6.84. The number of hydrogen-bond acceptors (Lipinski definition) is 4. The fourth-order valence-electron chi connectivity index (χ4n) is 2.99. The summed E-state index contributed by atoms with van der Waals surface area (Å²) in [5, 5.41) is 3.37. The van der Waals surface area contributed by atoms with Gasteiger partial charge < -0.3 is 10.2 Å². The summed E-state index contributed by atoms with van der Waals surface area (Å²) < 4.78 is 26.5. The van der Waals surface area contributed by atoms with Gasteiger partial charge in [-0.3, -0.25) is 13.9 Å². The van der Waals surface area contributed by atoms with E-state index < -0.39 is 28.5 Å². The molecule has 0 aliphatic heterocycles. The van der Waals surface area contributed by atoms with E-state index in [2.05, 4.69) is 21.2 Å². The number of hydrogen-bond donors (Lipinski definition) is 1. The molecule has 0 aliphatic carbocycles. The van der Waals surface area contributed by atoms with Crippen molar-refractivity contribution in [2.75, 3.05) is 23.7 Å². The van der Waals surface area contributed by atoms with Crippen LogP contribution in [-0.2, 0) is 26.2 Å². The smallest absolute Gasteiger partial charge is 0.244 e. The highest BCUT2D eigenvalue weighted by atomic mass is 79.9. The normalized spacial score (nSPS) is 12.2. The van der Waals surface area contributed by atoms with E-state index in [1.54, 1.807) is 56.3 Å². The highest BCUT2D eigenvalue weighted by molar-refractivity contribution is 9.10. The van der Waals surface area contributed by atoms with Crippen LogP contribution in [0.25, 0.3) is 0 Å². The zero-order valence-electron chi connectivity index (χ0n) is 17.8. The first-order valence-corrected chi connectivity index (χ1v) is 13.1. The largest absolute Gasteiger partial charge is 0.355 e. The highest BCUT2D eigenvalue weighted by Gasteiger charge is 2.30. The fraction of sp³-hybridized carbons (Fsp3) is 0.333. The Morgan fingerprint density at radius 3 is 2.34 bits per heavy atom.